The Morgan fingerprint density at radius 2 is 1.96 bits per heavy atom. The van der Waals surface area contributed by atoms with E-state index in [1.165, 1.54) is 23.2 Å². The molecule has 0 aliphatic heterocycles. The van der Waals surface area contributed by atoms with Gasteiger partial charge in [0.15, 0.2) is 18.6 Å². The van der Waals surface area contributed by atoms with E-state index in [2.05, 4.69) is 15.4 Å². The van der Waals surface area contributed by atoms with Crippen LogP contribution in [0, 0.1) is 0 Å². The van der Waals surface area contributed by atoms with Gasteiger partial charge in [0.2, 0.25) is 0 Å². The number of aromatic amines is 1. The van der Waals surface area contributed by atoms with Crippen molar-refractivity contribution in [2.24, 2.45) is 0 Å². The van der Waals surface area contributed by atoms with Gasteiger partial charge in [-0.25, -0.2) is 14.5 Å². The molecule has 0 unspecified atom stereocenters. The number of nitrogens with one attached hydrogen (secondary N) is 2. The van der Waals surface area contributed by atoms with Crippen LogP contribution in [0.3, 0.4) is 0 Å². The number of rotatable bonds is 5. The second-order valence-corrected chi connectivity index (χ2v) is 5.81. The van der Waals surface area contributed by atoms with Crippen molar-refractivity contribution < 1.29 is 18.7 Å². The quantitative estimate of drug-likeness (QED) is 0.513. The molecular weight excluding hydrogens is 364 g/mol. The van der Waals surface area contributed by atoms with Crippen LogP contribution >= 0.6 is 0 Å². The molecule has 0 aliphatic rings. The van der Waals surface area contributed by atoms with Gasteiger partial charge in [0.25, 0.3) is 11.5 Å². The van der Waals surface area contributed by atoms with E-state index in [-0.39, 0.29) is 16.9 Å². The Labute approximate surface area is 157 Å². The lowest BCUT2D eigenvalue weighted by molar-refractivity contribution is -0.119. The monoisotopic (exact) mass is 378 g/mol. The largest absolute Gasteiger partial charge is 0.452 e. The van der Waals surface area contributed by atoms with Crippen LogP contribution in [0.15, 0.2) is 70.2 Å². The fraction of sp³-hybridized carbons (Fsp3) is 0.0526. The molecule has 0 aliphatic carbocycles. The van der Waals surface area contributed by atoms with Crippen molar-refractivity contribution >= 4 is 28.8 Å². The third kappa shape index (κ3) is 3.40. The molecule has 0 fully saturated rings. The Kier molecular flexibility index (Phi) is 4.47. The van der Waals surface area contributed by atoms with Gasteiger partial charge >= 0.3 is 5.97 Å². The highest BCUT2D eigenvalue weighted by atomic mass is 16.5. The highest BCUT2D eigenvalue weighted by molar-refractivity contribution is 6.02. The summed E-state index contributed by atoms with van der Waals surface area (Å²) in [6.45, 7) is -0.522. The Morgan fingerprint density at radius 1 is 1.14 bits per heavy atom. The summed E-state index contributed by atoms with van der Waals surface area (Å²) >= 11 is 0. The fourth-order valence-corrected chi connectivity index (χ4v) is 2.68. The zero-order chi connectivity index (χ0) is 19.5. The van der Waals surface area contributed by atoms with Crippen LogP contribution in [0.4, 0.5) is 5.82 Å². The molecule has 4 aromatic rings. The van der Waals surface area contributed by atoms with E-state index in [1.807, 2.05) is 6.07 Å². The molecule has 0 saturated carbocycles. The van der Waals surface area contributed by atoms with Gasteiger partial charge in [-0.3, -0.25) is 14.7 Å². The van der Waals surface area contributed by atoms with Crippen molar-refractivity contribution in [3.63, 3.8) is 0 Å². The maximum Gasteiger partial charge on any atom is 0.340 e. The fourth-order valence-electron chi connectivity index (χ4n) is 2.68. The molecule has 140 valence electrons. The minimum absolute atomic E-state index is 0.188. The molecule has 0 spiro atoms. The molecule has 4 rings (SSSR count). The maximum atomic E-state index is 12.2. The SMILES string of the molecule is O=C(COC(=O)c1cccc2ocnc12)Nc1cc(=O)n(-c2ccccc2)[nH]1. The minimum atomic E-state index is -0.704. The van der Waals surface area contributed by atoms with Gasteiger partial charge in [-0.2, -0.15) is 0 Å². The molecule has 2 aromatic heterocycles. The molecule has 0 bridgehead atoms. The normalized spacial score (nSPS) is 10.7. The average molecular weight is 378 g/mol. The van der Waals surface area contributed by atoms with E-state index in [1.54, 1.807) is 36.4 Å². The molecule has 0 radical (unpaired) electrons. The van der Waals surface area contributed by atoms with Crippen LogP contribution in [-0.2, 0) is 9.53 Å². The highest BCUT2D eigenvalue weighted by Crippen LogP contribution is 2.17. The average Bonchev–Trinajstić information content (AvgIpc) is 3.33. The van der Waals surface area contributed by atoms with Crippen LogP contribution in [0.1, 0.15) is 10.4 Å². The molecule has 2 N–H and O–H groups in total. The number of hydrogen-bond donors (Lipinski definition) is 2. The van der Waals surface area contributed by atoms with Gasteiger partial charge in [0.1, 0.15) is 11.3 Å². The van der Waals surface area contributed by atoms with Crippen LogP contribution < -0.4 is 10.9 Å². The van der Waals surface area contributed by atoms with Gasteiger partial charge < -0.3 is 14.5 Å². The zero-order valence-corrected chi connectivity index (χ0v) is 14.4. The standard InChI is InChI=1S/C19H14N4O5/c24-16(10-27-19(26)13-7-4-8-14-18(13)20-11-28-14)21-15-9-17(25)23(22-15)12-5-2-1-3-6-12/h1-9,11,22H,10H2,(H,21,24). The molecule has 2 aromatic carbocycles. The maximum absolute atomic E-state index is 12.2. The summed E-state index contributed by atoms with van der Waals surface area (Å²) < 4.78 is 11.4. The summed E-state index contributed by atoms with van der Waals surface area (Å²) in [5.41, 5.74) is 1.29. The number of esters is 1. The third-order valence-corrected chi connectivity index (χ3v) is 3.92. The summed E-state index contributed by atoms with van der Waals surface area (Å²) in [5.74, 6) is -1.11. The smallest absolute Gasteiger partial charge is 0.340 e. The lowest BCUT2D eigenvalue weighted by atomic mass is 10.2. The lowest BCUT2D eigenvalue weighted by Gasteiger charge is -2.06. The van der Waals surface area contributed by atoms with Gasteiger partial charge in [0.05, 0.1) is 11.3 Å². The molecule has 1 amide bonds. The number of carbonyl (C=O) groups excluding carboxylic acids is 2. The number of amides is 1. The Morgan fingerprint density at radius 3 is 2.79 bits per heavy atom. The minimum Gasteiger partial charge on any atom is -0.452 e. The van der Waals surface area contributed by atoms with Gasteiger partial charge in [-0.1, -0.05) is 24.3 Å². The number of ether oxygens (including phenoxy) is 1. The highest BCUT2D eigenvalue weighted by Gasteiger charge is 2.16. The third-order valence-electron chi connectivity index (χ3n) is 3.92. The summed E-state index contributed by atoms with van der Waals surface area (Å²) in [5, 5.41) is 5.26. The number of nitrogens with zero attached hydrogens (tertiary/aromatic N) is 2. The second kappa shape index (κ2) is 7.23. The van der Waals surface area contributed by atoms with E-state index in [0.29, 0.717) is 16.8 Å². The number of H-pyrrole nitrogens is 1. The van der Waals surface area contributed by atoms with Crippen LogP contribution in [0.5, 0.6) is 0 Å². The van der Waals surface area contributed by atoms with E-state index in [9.17, 15) is 14.4 Å². The van der Waals surface area contributed by atoms with Crippen molar-refractivity contribution in [3.8, 4) is 5.69 Å². The van der Waals surface area contributed by atoms with Crippen molar-refractivity contribution in [2.45, 2.75) is 0 Å². The Hall–Kier alpha value is -4.14. The molecule has 9 nitrogen and oxygen atoms in total. The van der Waals surface area contributed by atoms with Crippen molar-refractivity contribution in [2.75, 3.05) is 11.9 Å². The number of para-hydroxylation sites is 2. The van der Waals surface area contributed by atoms with E-state index >= 15 is 0 Å². The number of fused-ring (bicyclic) bond motifs is 1. The first-order chi connectivity index (χ1) is 13.6. The number of hydrogen-bond acceptors (Lipinski definition) is 6. The summed E-state index contributed by atoms with van der Waals surface area (Å²) in [4.78, 5) is 40.3. The number of benzene rings is 2. The predicted octanol–water partition coefficient (Wildman–Crippen LogP) is 2.10. The lowest BCUT2D eigenvalue weighted by Crippen LogP contribution is -2.21. The first-order valence-corrected chi connectivity index (χ1v) is 8.28. The van der Waals surface area contributed by atoms with Gasteiger partial charge in [-0.15, -0.1) is 0 Å². The van der Waals surface area contributed by atoms with Crippen LogP contribution in [0.25, 0.3) is 16.8 Å². The topological polar surface area (TPSA) is 119 Å². The first-order valence-electron chi connectivity index (χ1n) is 8.28. The van der Waals surface area contributed by atoms with E-state index in [0.717, 1.165) is 0 Å². The number of oxazole rings is 1. The number of carbonyl (C=O) groups is 2. The summed E-state index contributed by atoms with van der Waals surface area (Å²) in [6, 6.07) is 15.0. The second-order valence-electron chi connectivity index (χ2n) is 5.81. The molecule has 2 heterocycles. The van der Waals surface area contributed by atoms with Crippen LogP contribution in [-0.4, -0.2) is 33.2 Å². The Balaban J connectivity index is 1.41. The molecule has 28 heavy (non-hydrogen) atoms. The van der Waals surface area contributed by atoms with E-state index < -0.39 is 18.5 Å². The van der Waals surface area contributed by atoms with Gasteiger partial charge in [0, 0.05) is 6.07 Å². The Bertz CT molecular complexity index is 1210. The van der Waals surface area contributed by atoms with E-state index in [4.69, 9.17) is 9.15 Å². The zero-order valence-electron chi connectivity index (χ0n) is 14.4. The number of aromatic nitrogens is 3. The summed E-state index contributed by atoms with van der Waals surface area (Å²) in [6.07, 6.45) is 1.22. The predicted molar refractivity (Wildman–Crippen MR) is 99.3 cm³/mol. The number of anilines is 1. The van der Waals surface area contributed by atoms with Crippen molar-refractivity contribution in [1.82, 2.24) is 14.8 Å². The molecule has 0 saturated heterocycles. The van der Waals surface area contributed by atoms with Crippen molar-refractivity contribution in [3.05, 3.63) is 76.9 Å². The summed E-state index contributed by atoms with van der Waals surface area (Å²) in [7, 11) is 0. The van der Waals surface area contributed by atoms with Crippen LogP contribution in [0.2, 0.25) is 0 Å². The first kappa shape index (κ1) is 17.3. The molecular formula is C19H14N4O5. The molecule has 9 heteroatoms. The van der Waals surface area contributed by atoms with Crippen molar-refractivity contribution in [1.29, 1.82) is 0 Å². The molecule has 0 atom stereocenters. The van der Waals surface area contributed by atoms with Gasteiger partial charge in [-0.05, 0) is 24.3 Å².